The Labute approximate surface area is 488 Å². The summed E-state index contributed by atoms with van der Waals surface area (Å²) in [6, 6.07) is 17.4. The number of pyridine rings is 2. The van der Waals surface area contributed by atoms with Crippen molar-refractivity contribution in [1.29, 1.82) is 0 Å². The lowest BCUT2D eigenvalue weighted by molar-refractivity contribution is 0.177. The summed E-state index contributed by atoms with van der Waals surface area (Å²) in [5.74, 6) is 14.7. The van der Waals surface area contributed by atoms with E-state index < -0.39 is 0 Å². The van der Waals surface area contributed by atoms with Crippen LogP contribution in [0.4, 0.5) is 0 Å². The van der Waals surface area contributed by atoms with E-state index in [2.05, 4.69) is 230 Å². The fourth-order valence-electron chi connectivity index (χ4n) is 10.5. The lowest BCUT2D eigenvalue weighted by atomic mass is 9.72. The van der Waals surface area contributed by atoms with Crippen LogP contribution in [0.15, 0.2) is 60.9 Å². The number of nitrogens with zero attached hydrogens (tertiary/aromatic N) is 2. The number of nitrogens with one attached hydrogen (secondary N) is 1. The van der Waals surface area contributed by atoms with Crippen molar-refractivity contribution in [1.82, 2.24) is 15.3 Å². The van der Waals surface area contributed by atoms with Crippen LogP contribution in [0.1, 0.15) is 330 Å². The second-order valence-electron chi connectivity index (χ2n) is 26.9. The Bertz CT molecular complexity index is 1470. The minimum atomic E-state index is 0. The van der Waals surface area contributed by atoms with Crippen LogP contribution in [0, 0.1) is 71.0 Å². The van der Waals surface area contributed by atoms with Crippen LogP contribution < -0.4 is 5.32 Å². The number of piperidine rings is 1. The Kier molecular flexibility index (Phi) is 47.8. The van der Waals surface area contributed by atoms with E-state index in [9.17, 15) is 0 Å². The normalized spacial score (nSPS) is 19.9. The van der Waals surface area contributed by atoms with E-state index >= 15 is 0 Å². The maximum Gasteiger partial charge on any atom is 0.0432 e. The summed E-state index contributed by atoms with van der Waals surface area (Å²) in [7, 11) is 0. The van der Waals surface area contributed by atoms with Gasteiger partial charge in [0.15, 0.2) is 0 Å². The highest BCUT2D eigenvalue weighted by Crippen LogP contribution is 2.38. The molecule has 6 atom stereocenters. The van der Waals surface area contributed by atoms with Crippen LogP contribution in [0.5, 0.6) is 0 Å². The second kappa shape index (κ2) is 44.2. The predicted octanol–water partition coefficient (Wildman–Crippen LogP) is 24.5. The third kappa shape index (κ3) is 33.7. The molecule has 3 fully saturated rings. The van der Waals surface area contributed by atoms with E-state index in [0.717, 1.165) is 71.0 Å². The van der Waals surface area contributed by atoms with Gasteiger partial charge in [0.25, 0.3) is 0 Å². The third-order valence-electron chi connectivity index (χ3n) is 16.9. The smallest absolute Gasteiger partial charge is 0.0432 e. The number of aromatic nitrogens is 2. The molecule has 1 aromatic carbocycles. The molecule has 0 amide bonds. The van der Waals surface area contributed by atoms with Crippen LogP contribution in [-0.4, -0.2) is 23.1 Å². The summed E-state index contributed by atoms with van der Waals surface area (Å²) in [6.45, 7) is 57.3. The van der Waals surface area contributed by atoms with Gasteiger partial charge in [0, 0.05) is 23.8 Å². The van der Waals surface area contributed by atoms with E-state index in [1.165, 1.54) is 105 Å². The summed E-state index contributed by atoms with van der Waals surface area (Å²) < 4.78 is 0. The highest BCUT2D eigenvalue weighted by atomic mass is 14.9. The van der Waals surface area contributed by atoms with Crippen molar-refractivity contribution in [3.63, 3.8) is 0 Å². The molecule has 2 saturated carbocycles. The topological polar surface area (TPSA) is 37.8 Å². The molecule has 3 aromatic rings. The maximum absolute atomic E-state index is 4.57. The molecule has 77 heavy (non-hydrogen) atoms. The molecule has 6 unspecified atom stereocenters. The zero-order chi connectivity index (χ0) is 54.8. The Balaban J connectivity index is -0.000000266. The molecule has 2 aliphatic carbocycles. The minimum absolute atomic E-state index is 0. The molecule has 1 aliphatic heterocycles. The number of rotatable bonds is 12. The van der Waals surface area contributed by atoms with Crippen molar-refractivity contribution in [2.75, 3.05) is 13.1 Å². The number of hydrogen-bond donors (Lipinski definition) is 1. The van der Waals surface area contributed by atoms with E-state index in [1.807, 2.05) is 12.4 Å². The van der Waals surface area contributed by atoms with Gasteiger partial charge in [0.05, 0.1) is 0 Å². The lowest BCUT2D eigenvalue weighted by Crippen LogP contribution is -2.40. The van der Waals surface area contributed by atoms with Crippen LogP contribution in [0.2, 0.25) is 0 Å². The lowest BCUT2D eigenvalue weighted by Gasteiger charge is -2.34. The molecule has 6 rings (SSSR count). The van der Waals surface area contributed by atoms with Gasteiger partial charge in [-0.15, -0.1) is 0 Å². The number of hydrogen-bond acceptors (Lipinski definition) is 3. The van der Waals surface area contributed by atoms with Gasteiger partial charge in [-0.05, 0) is 173 Å². The van der Waals surface area contributed by atoms with Crippen molar-refractivity contribution in [3.8, 4) is 0 Å². The van der Waals surface area contributed by atoms with Crippen molar-refractivity contribution in [3.05, 3.63) is 94.6 Å². The Morgan fingerprint density at radius 3 is 0.857 bits per heavy atom. The standard InChI is InChI=1S/2C12H24.C12H18.C11H23N.2C11H17N.5CH4/c3*1-9(2)11-6-5-7-12(8-11)10(3)4;2*1-8(2)10-5-11(9(3)4)7-12-6-10;1-8(2)10-6-5-7-11(12-10)9(3)4;;;;;/h2*9-12H,5-8H2,1-4H3;5-10H,1-4H3;8-12H,5-7H2,1-4H3;2*5-9H,1-4H3;5*1H4. The van der Waals surface area contributed by atoms with Crippen LogP contribution in [0.3, 0.4) is 0 Å². The zero-order valence-electron chi connectivity index (χ0n) is 52.3. The highest BCUT2D eigenvalue weighted by molar-refractivity contribution is 5.27. The van der Waals surface area contributed by atoms with E-state index in [-0.39, 0.29) is 37.1 Å². The van der Waals surface area contributed by atoms with Crippen molar-refractivity contribution in [2.24, 2.45) is 71.0 Å². The quantitative estimate of drug-likeness (QED) is 0.196. The van der Waals surface area contributed by atoms with E-state index in [4.69, 9.17) is 0 Å². The third-order valence-corrected chi connectivity index (χ3v) is 16.9. The first-order valence-corrected chi connectivity index (χ1v) is 30.4. The van der Waals surface area contributed by atoms with Crippen LogP contribution >= 0.6 is 0 Å². The largest absolute Gasteiger partial charge is 0.316 e. The van der Waals surface area contributed by atoms with Gasteiger partial charge in [0.1, 0.15) is 0 Å². The molecule has 3 heteroatoms. The van der Waals surface area contributed by atoms with Crippen molar-refractivity contribution >= 4 is 0 Å². The van der Waals surface area contributed by atoms with Gasteiger partial charge < -0.3 is 5.32 Å². The SMILES string of the molecule is C.C.C.C.C.CC(C)C1CCCC(C(C)C)C1.CC(C)C1CCCC(C(C)C)C1.CC(C)C1CNCC(C(C)C)C1.CC(C)c1cccc(C(C)C)c1.CC(C)c1cccc(C(C)C)n1.CC(C)c1cncc(C(C)C)c1. The molecule has 3 aliphatic rings. The highest BCUT2D eigenvalue weighted by Gasteiger charge is 2.27. The minimum Gasteiger partial charge on any atom is -0.316 e. The summed E-state index contributed by atoms with van der Waals surface area (Å²) in [5.41, 5.74) is 7.95. The van der Waals surface area contributed by atoms with Gasteiger partial charge in [0.2, 0.25) is 0 Å². The maximum atomic E-state index is 4.57. The average molecular weight is 1070 g/mol. The van der Waals surface area contributed by atoms with Crippen LogP contribution in [0.25, 0.3) is 0 Å². The molecule has 454 valence electrons. The molecular formula is C74H143N3. The summed E-state index contributed by atoms with van der Waals surface area (Å²) >= 11 is 0. The Hall–Kier alpha value is -2.52. The van der Waals surface area contributed by atoms with Crippen LogP contribution in [-0.2, 0) is 0 Å². The van der Waals surface area contributed by atoms with Gasteiger partial charge in [-0.3, -0.25) is 9.97 Å². The summed E-state index contributed by atoms with van der Waals surface area (Å²) in [6.07, 6.45) is 17.2. The van der Waals surface area contributed by atoms with Crippen molar-refractivity contribution in [2.45, 2.75) is 297 Å². The second-order valence-corrected chi connectivity index (χ2v) is 26.9. The number of benzene rings is 1. The predicted molar refractivity (Wildman–Crippen MR) is 357 cm³/mol. The molecule has 0 radical (unpaired) electrons. The molecule has 1 N–H and O–H groups in total. The first-order valence-electron chi connectivity index (χ1n) is 30.4. The molecular weight excluding hydrogens is 931 g/mol. The molecule has 0 bridgehead atoms. The van der Waals surface area contributed by atoms with Gasteiger partial charge in [-0.2, -0.15) is 0 Å². The fourth-order valence-corrected chi connectivity index (χ4v) is 10.5. The first-order chi connectivity index (χ1) is 33.7. The van der Waals surface area contributed by atoms with Gasteiger partial charge in [-0.25, -0.2) is 0 Å². The average Bonchev–Trinajstić information content (AvgIpc) is 3.35. The molecule has 0 spiro atoms. The zero-order valence-corrected chi connectivity index (χ0v) is 52.3. The Morgan fingerprint density at radius 2 is 0.597 bits per heavy atom. The molecule has 1 saturated heterocycles. The fraction of sp³-hybridized carbons (Fsp3) is 0.784. The monoisotopic (exact) mass is 1070 g/mol. The van der Waals surface area contributed by atoms with Crippen molar-refractivity contribution < 1.29 is 0 Å². The molecule has 3 heterocycles. The summed E-state index contributed by atoms with van der Waals surface area (Å²) in [4.78, 5) is 8.80. The Morgan fingerprint density at radius 1 is 0.338 bits per heavy atom. The molecule has 2 aromatic heterocycles. The van der Waals surface area contributed by atoms with E-state index in [0.29, 0.717) is 35.5 Å². The van der Waals surface area contributed by atoms with E-state index in [1.54, 1.807) is 0 Å². The van der Waals surface area contributed by atoms with Gasteiger partial charge in [-0.1, -0.05) is 278 Å². The van der Waals surface area contributed by atoms with Gasteiger partial charge >= 0.3 is 0 Å². The first kappa shape index (κ1) is 83.3. The summed E-state index contributed by atoms with van der Waals surface area (Å²) in [5, 5.41) is 3.55. The molecule has 3 nitrogen and oxygen atoms in total.